The lowest BCUT2D eigenvalue weighted by molar-refractivity contribution is -0.142. The van der Waals surface area contributed by atoms with Gasteiger partial charge >= 0.3 is 5.97 Å². The quantitative estimate of drug-likeness (QED) is 0.797. The average Bonchev–Trinajstić information content (AvgIpc) is 2.81. The van der Waals surface area contributed by atoms with E-state index >= 15 is 0 Å². The molecule has 1 saturated heterocycles. The molecule has 1 heterocycles. The van der Waals surface area contributed by atoms with E-state index in [1.165, 1.54) is 19.1 Å². The first-order valence-corrected chi connectivity index (χ1v) is 6.69. The first-order valence-electron chi connectivity index (χ1n) is 6.69. The smallest absolute Gasteiger partial charge is 0.302 e. The molecule has 0 N–H and O–H groups in total. The number of rotatable bonds is 4. The minimum atomic E-state index is -0.761. The normalized spacial score (nSPS) is 25.7. The van der Waals surface area contributed by atoms with Gasteiger partial charge in [0, 0.05) is 24.5 Å². The number of halogens is 2. The molecule has 0 amide bonds. The molecule has 0 aliphatic carbocycles. The Kier molecular flexibility index (Phi) is 4.38. The van der Waals surface area contributed by atoms with Gasteiger partial charge in [0.05, 0.1) is 18.8 Å². The lowest BCUT2D eigenvalue weighted by Crippen LogP contribution is -2.26. The number of carbonyl (C=O) groups excluding carboxylic acids is 1. The van der Waals surface area contributed by atoms with Crippen molar-refractivity contribution in [1.29, 1.82) is 0 Å². The highest BCUT2D eigenvalue weighted by Gasteiger charge is 2.42. The zero-order valence-electron chi connectivity index (χ0n) is 11.6. The number of benzene rings is 1. The Labute approximate surface area is 116 Å². The second-order valence-electron chi connectivity index (χ2n) is 5.16. The van der Waals surface area contributed by atoms with Crippen LogP contribution in [-0.2, 0) is 19.9 Å². The van der Waals surface area contributed by atoms with Gasteiger partial charge in [-0.15, -0.1) is 0 Å². The number of esters is 1. The highest BCUT2D eigenvalue weighted by molar-refractivity contribution is 5.65. The SMILES string of the molecule is CC[C@@]1(c2ccc(F)cc2F)C[C@@H](COC(C)=O)CO1. The molecule has 1 aromatic rings. The van der Waals surface area contributed by atoms with Gasteiger partial charge in [0.25, 0.3) is 0 Å². The molecule has 0 saturated carbocycles. The summed E-state index contributed by atoms with van der Waals surface area (Å²) in [7, 11) is 0. The summed E-state index contributed by atoms with van der Waals surface area (Å²) in [6.07, 6.45) is 1.13. The van der Waals surface area contributed by atoms with E-state index in [0.29, 0.717) is 25.0 Å². The van der Waals surface area contributed by atoms with Gasteiger partial charge in [0.1, 0.15) is 11.6 Å². The molecule has 20 heavy (non-hydrogen) atoms. The molecule has 0 radical (unpaired) electrons. The average molecular weight is 284 g/mol. The predicted octanol–water partition coefficient (Wildman–Crippen LogP) is 3.17. The van der Waals surface area contributed by atoms with Crippen LogP contribution < -0.4 is 0 Å². The van der Waals surface area contributed by atoms with Crippen LogP contribution in [0.25, 0.3) is 0 Å². The molecular formula is C15H18F2O3. The maximum absolute atomic E-state index is 14.0. The standard InChI is InChI=1S/C15H18F2O3/c1-3-15(13-5-4-12(16)6-14(13)17)7-11(9-20-15)8-19-10(2)18/h4-6,11H,3,7-9H2,1-2H3/t11-,15-/m0/s1. The fourth-order valence-corrected chi connectivity index (χ4v) is 2.69. The van der Waals surface area contributed by atoms with Crippen LogP contribution in [0, 0.1) is 17.6 Å². The Morgan fingerprint density at radius 1 is 1.50 bits per heavy atom. The first kappa shape index (κ1) is 14.9. The van der Waals surface area contributed by atoms with E-state index in [-0.39, 0.29) is 18.5 Å². The molecule has 0 bridgehead atoms. The Morgan fingerprint density at radius 2 is 2.25 bits per heavy atom. The van der Waals surface area contributed by atoms with Crippen molar-refractivity contribution in [3.63, 3.8) is 0 Å². The highest BCUT2D eigenvalue weighted by Crippen LogP contribution is 2.42. The summed E-state index contributed by atoms with van der Waals surface area (Å²) in [6.45, 7) is 3.91. The van der Waals surface area contributed by atoms with Crippen LogP contribution in [0.15, 0.2) is 18.2 Å². The maximum atomic E-state index is 14.0. The molecule has 2 atom stereocenters. The summed E-state index contributed by atoms with van der Waals surface area (Å²) in [6, 6.07) is 3.54. The number of hydrogen-bond donors (Lipinski definition) is 0. The van der Waals surface area contributed by atoms with Crippen molar-refractivity contribution >= 4 is 5.97 Å². The molecule has 1 aliphatic rings. The van der Waals surface area contributed by atoms with E-state index in [2.05, 4.69) is 0 Å². The molecule has 3 nitrogen and oxygen atoms in total. The third-order valence-corrected chi connectivity index (χ3v) is 3.73. The van der Waals surface area contributed by atoms with Crippen molar-refractivity contribution in [3.05, 3.63) is 35.4 Å². The molecule has 2 rings (SSSR count). The zero-order valence-corrected chi connectivity index (χ0v) is 11.6. The van der Waals surface area contributed by atoms with Crippen molar-refractivity contribution < 1.29 is 23.0 Å². The van der Waals surface area contributed by atoms with E-state index < -0.39 is 17.2 Å². The molecule has 0 unspecified atom stereocenters. The molecule has 1 fully saturated rings. The second-order valence-corrected chi connectivity index (χ2v) is 5.16. The molecular weight excluding hydrogens is 266 g/mol. The van der Waals surface area contributed by atoms with Crippen LogP contribution in [0.2, 0.25) is 0 Å². The van der Waals surface area contributed by atoms with Gasteiger partial charge in [0.15, 0.2) is 0 Å². The summed E-state index contributed by atoms with van der Waals surface area (Å²) in [5, 5.41) is 0. The Morgan fingerprint density at radius 3 is 2.85 bits per heavy atom. The Balaban J connectivity index is 2.17. The zero-order chi connectivity index (χ0) is 14.8. The topological polar surface area (TPSA) is 35.5 Å². The lowest BCUT2D eigenvalue weighted by Gasteiger charge is -2.28. The fraction of sp³-hybridized carbons (Fsp3) is 0.533. The Hall–Kier alpha value is -1.49. The van der Waals surface area contributed by atoms with E-state index in [4.69, 9.17) is 9.47 Å². The molecule has 1 aliphatic heterocycles. The van der Waals surface area contributed by atoms with Gasteiger partial charge in [-0.2, -0.15) is 0 Å². The van der Waals surface area contributed by atoms with Crippen molar-refractivity contribution in [2.45, 2.75) is 32.3 Å². The summed E-state index contributed by atoms with van der Waals surface area (Å²) >= 11 is 0. The van der Waals surface area contributed by atoms with Gasteiger partial charge in [0.2, 0.25) is 0 Å². The van der Waals surface area contributed by atoms with Crippen LogP contribution >= 0.6 is 0 Å². The van der Waals surface area contributed by atoms with Crippen LogP contribution in [0.1, 0.15) is 32.3 Å². The van der Waals surface area contributed by atoms with E-state index in [0.717, 1.165) is 6.07 Å². The largest absolute Gasteiger partial charge is 0.465 e. The monoisotopic (exact) mass is 284 g/mol. The van der Waals surface area contributed by atoms with E-state index in [1.54, 1.807) is 0 Å². The van der Waals surface area contributed by atoms with Gasteiger partial charge in [-0.1, -0.05) is 13.0 Å². The van der Waals surface area contributed by atoms with Crippen molar-refractivity contribution in [1.82, 2.24) is 0 Å². The molecule has 0 spiro atoms. The van der Waals surface area contributed by atoms with Gasteiger partial charge in [-0.3, -0.25) is 4.79 Å². The predicted molar refractivity (Wildman–Crippen MR) is 69.0 cm³/mol. The van der Waals surface area contributed by atoms with Crippen LogP contribution in [0.3, 0.4) is 0 Å². The lowest BCUT2D eigenvalue weighted by atomic mass is 9.85. The maximum Gasteiger partial charge on any atom is 0.302 e. The van der Waals surface area contributed by atoms with Crippen LogP contribution in [0.4, 0.5) is 8.78 Å². The number of ether oxygens (including phenoxy) is 2. The van der Waals surface area contributed by atoms with Crippen molar-refractivity contribution in [2.24, 2.45) is 5.92 Å². The first-order chi connectivity index (χ1) is 9.47. The van der Waals surface area contributed by atoms with Crippen LogP contribution in [0.5, 0.6) is 0 Å². The second kappa shape index (κ2) is 5.87. The fourth-order valence-electron chi connectivity index (χ4n) is 2.69. The molecule has 1 aromatic carbocycles. The van der Waals surface area contributed by atoms with Crippen molar-refractivity contribution in [2.75, 3.05) is 13.2 Å². The summed E-state index contributed by atoms with van der Waals surface area (Å²) in [5.74, 6) is -1.51. The highest BCUT2D eigenvalue weighted by atomic mass is 19.1. The summed E-state index contributed by atoms with van der Waals surface area (Å²) in [4.78, 5) is 10.8. The number of carbonyl (C=O) groups is 1. The van der Waals surface area contributed by atoms with Gasteiger partial charge < -0.3 is 9.47 Å². The van der Waals surface area contributed by atoms with E-state index in [9.17, 15) is 13.6 Å². The third-order valence-electron chi connectivity index (χ3n) is 3.73. The third kappa shape index (κ3) is 2.98. The minimum Gasteiger partial charge on any atom is -0.465 e. The van der Waals surface area contributed by atoms with Crippen molar-refractivity contribution in [3.8, 4) is 0 Å². The molecule has 0 aromatic heterocycles. The minimum absolute atomic E-state index is 0.0308. The molecule has 110 valence electrons. The van der Waals surface area contributed by atoms with Crippen LogP contribution in [-0.4, -0.2) is 19.2 Å². The number of hydrogen-bond acceptors (Lipinski definition) is 3. The van der Waals surface area contributed by atoms with Gasteiger partial charge in [-0.25, -0.2) is 8.78 Å². The Bertz CT molecular complexity index is 504. The summed E-state index contributed by atoms with van der Waals surface area (Å²) < 4.78 is 37.7. The molecule has 5 heteroatoms. The van der Waals surface area contributed by atoms with Gasteiger partial charge in [-0.05, 0) is 18.9 Å². The summed E-state index contributed by atoms with van der Waals surface area (Å²) in [5.41, 5.74) is -0.394. The van der Waals surface area contributed by atoms with E-state index in [1.807, 2.05) is 6.92 Å².